The van der Waals surface area contributed by atoms with Crippen LogP contribution in [0.15, 0.2) is 48.8 Å². The lowest BCUT2D eigenvalue weighted by Gasteiger charge is -2.35. The first kappa shape index (κ1) is 20.8. The van der Waals surface area contributed by atoms with Crippen LogP contribution in [0.1, 0.15) is 18.4 Å². The first-order valence-electron chi connectivity index (χ1n) is 11.2. The minimum absolute atomic E-state index is 0.0706. The van der Waals surface area contributed by atoms with Crippen molar-refractivity contribution in [3.63, 3.8) is 0 Å². The molecule has 2 aliphatic heterocycles. The van der Waals surface area contributed by atoms with Crippen molar-refractivity contribution in [3.05, 3.63) is 54.4 Å². The molecule has 2 atom stereocenters. The molecule has 2 unspecified atom stereocenters. The van der Waals surface area contributed by atoms with Crippen molar-refractivity contribution >= 4 is 17.3 Å². The first-order valence-corrected chi connectivity index (χ1v) is 11.2. The third-order valence-electron chi connectivity index (χ3n) is 6.45. The molecule has 2 saturated heterocycles. The molecule has 5 rings (SSSR count). The molecule has 7 nitrogen and oxygen atoms in total. The molecule has 2 aromatic heterocycles. The lowest BCUT2D eigenvalue weighted by molar-refractivity contribution is 0.105. The molecule has 8 heteroatoms. The summed E-state index contributed by atoms with van der Waals surface area (Å²) in [5.41, 5.74) is 5.32. The maximum absolute atomic E-state index is 14.1. The number of anilines is 1. The van der Waals surface area contributed by atoms with Crippen molar-refractivity contribution in [2.24, 2.45) is 0 Å². The fourth-order valence-electron chi connectivity index (χ4n) is 4.67. The summed E-state index contributed by atoms with van der Waals surface area (Å²) < 4.78 is 21.1. The molecule has 2 fully saturated rings. The summed E-state index contributed by atoms with van der Waals surface area (Å²) in [5.74, 6) is -0.0706. The van der Waals surface area contributed by atoms with E-state index in [9.17, 15) is 9.18 Å². The van der Waals surface area contributed by atoms with Gasteiger partial charge in [0.1, 0.15) is 6.17 Å². The van der Waals surface area contributed by atoms with Crippen molar-refractivity contribution in [3.8, 4) is 11.1 Å². The number of hydrogen-bond donors (Lipinski definition) is 1. The number of alkyl halides is 1. The van der Waals surface area contributed by atoms with Crippen LogP contribution in [0.5, 0.6) is 0 Å². The number of aromatic nitrogens is 2. The Labute approximate surface area is 186 Å². The number of piperazine rings is 1. The van der Waals surface area contributed by atoms with Gasteiger partial charge in [0.25, 0.3) is 0 Å². The SMILES string of the molecule is CCOC(=O)N1CCN(c2ccnn3cc(-c4ccc(C5CNCC5F)cc4)cc23)CC1. The van der Waals surface area contributed by atoms with Gasteiger partial charge in [-0.15, -0.1) is 0 Å². The zero-order chi connectivity index (χ0) is 22.1. The van der Waals surface area contributed by atoms with Gasteiger partial charge < -0.3 is 19.9 Å². The second-order valence-electron chi connectivity index (χ2n) is 8.35. The van der Waals surface area contributed by atoms with Gasteiger partial charge in [-0.25, -0.2) is 13.7 Å². The molecule has 168 valence electrons. The summed E-state index contributed by atoms with van der Waals surface area (Å²) in [6.07, 6.45) is 2.76. The lowest BCUT2D eigenvalue weighted by atomic mass is 9.95. The van der Waals surface area contributed by atoms with Crippen LogP contribution >= 0.6 is 0 Å². The highest BCUT2D eigenvalue weighted by atomic mass is 19.1. The number of nitrogens with one attached hydrogen (secondary N) is 1. The molecule has 4 heterocycles. The Kier molecular flexibility index (Phi) is 5.70. The number of hydrogen-bond acceptors (Lipinski definition) is 5. The number of carbonyl (C=O) groups excluding carboxylic acids is 1. The summed E-state index contributed by atoms with van der Waals surface area (Å²) in [5, 5.41) is 7.61. The molecule has 2 aliphatic rings. The molecule has 3 aromatic rings. The number of benzene rings is 1. The summed E-state index contributed by atoms with van der Waals surface area (Å²) in [6, 6.07) is 12.4. The van der Waals surface area contributed by atoms with Crippen molar-refractivity contribution < 1.29 is 13.9 Å². The molecule has 0 spiro atoms. The standard InChI is InChI=1S/C24H28FN5O2/c1-2-32-24(31)29-11-9-28(10-12-29)22-7-8-27-30-16-19(13-23(22)30)17-3-5-18(6-4-17)20-14-26-15-21(20)25/h3-8,13,16,20-21,26H,2,9-12,14-15H2,1H3. The maximum atomic E-state index is 14.1. The minimum atomic E-state index is -0.825. The van der Waals surface area contributed by atoms with Crippen LogP contribution in [-0.2, 0) is 4.74 Å². The molecule has 0 aliphatic carbocycles. The molecular weight excluding hydrogens is 409 g/mol. The van der Waals surface area contributed by atoms with Crippen molar-refractivity contribution in [2.45, 2.75) is 19.0 Å². The zero-order valence-electron chi connectivity index (χ0n) is 18.2. The van der Waals surface area contributed by atoms with Gasteiger partial charge in [0.15, 0.2) is 0 Å². The van der Waals surface area contributed by atoms with E-state index in [0.29, 0.717) is 32.8 Å². The zero-order valence-corrected chi connectivity index (χ0v) is 18.2. The monoisotopic (exact) mass is 437 g/mol. The summed E-state index contributed by atoms with van der Waals surface area (Å²) in [6.45, 7) is 6.09. The Morgan fingerprint density at radius 3 is 2.59 bits per heavy atom. The fraction of sp³-hybridized carbons (Fsp3) is 0.417. The van der Waals surface area contributed by atoms with E-state index in [2.05, 4.69) is 33.5 Å². The molecule has 0 radical (unpaired) electrons. The minimum Gasteiger partial charge on any atom is -0.450 e. The van der Waals surface area contributed by atoms with E-state index >= 15 is 0 Å². The van der Waals surface area contributed by atoms with Gasteiger partial charge in [0.05, 0.1) is 17.8 Å². The number of nitrogens with zero attached hydrogens (tertiary/aromatic N) is 4. The van der Waals surface area contributed by atoms with Gasteiger partial charge in [-0.2, -0.15) is 5.10 Å². The van der Waals surface area contributed by atoms with E-state index < -0.39 is 6.17 Å². The molecule has 1 amide bonds. The van der Waals surface area contributed by atoms with E-state index in [4.69, 9.17) is 4.74 Å². The van der Waals surface area contributed by atoms with Crippen molar-refractivity contribution in [1.29, 1.82) is 0 Å². The maximum Gasteiger partial charge on any atom is 0.409 e. The smallest absolute Gasteiger partial charge is 0.409 e. The van der Waals surface area contributed by atoms with Crippen LogP contribution in [0.2, 0.25) is 0 Å². The Balaban J connectivity index is 1.35. The average Bonchev–Trinajstić information content (AvgIpc) is 3.45. The summed E-state index contributed by atoms with van der Waals surface area (Å²) in [4.78, 5) is 16.0. The highest BCUT2D eigenvalue weighted by Gasteiger charge is 2.28. The van der Waals surface area contributed by atoms with Crippen molar-refractivity contribution in [2.75, 3.05) is 50.8 Å². The van der Waals surface area contributed by atoms with E-state index in [1.165, 1.54) is 0 Å². The second-order valence-corrected chi connectivity index (χ2v) is 8.35. The number of halogens is 1. The predicted octanol–water partition coefficient (Wildman–Crippen LogP) is 3.30. The van der Waals surface area contributed by atoms with Crippen LogP contribution in [0.25, 0.3) is 16.6 Å². The number of amides is 1. The van der Waals surface area contributed by atoms with Crippen LogP contribution in [0.3, 0.4) is 0 Å². The lowest BCUT2D eigenvalue weighted by Crippen LogP contribution is -2.49. The Morgan fingerprint density at radius 2 is 1.91 bits per heavy atom. The Morgan fingerprint density at radius 1 is 1.12 bits per heavy atom. The van der Waals surface area contributed by atoms with Crippen LogP contribution in [0, 0.1) is 0 Å². The van der Waals surface area contributed by atoms with Crippen LogP contribution in [-0.4, -0.2) is 72.7 Å². The number of carbonyl (C=O) groups is 1. The molecular formula is C24H28FN5O2. The molecule has 1 N–H and O–H groups in total. The van der Waals surface area contributed by atoms with E-state index in [1.807, 2.05) is 35.8 Å². The first-order chi connectivity index (χ1) is 15.6. The van der Waals surface area contributed by atoms with Gasteiger partial charge in [0.2, 0.25) is 0 Å². The topological polar surface area (TPSA) is 62.1 Å². The largest absolute Gasteiger partial charge is 0.450 e. The normalized spacial score (nSPS) is 21.3. The summed E-state index contributed by atoms with van der Waals surface area (Å²) >= 11 is 0. The third kappa shape index (κ3) is 3.90. The number of rotatable bonds is 4. The van der Waals surface area contributed by atoms with Crippen molar-refractivity contribution in [1.82, 2.24) is 19.8 Å². The number of ether oxygens (including phenoxy) is 1. The predicted molar refractivity (Wildman–Crippen MR) is 122 cm³/mol. The molecule has 32 heavy (non-hydrogen) atoms. The fourth-order valence-corrected chi connectivity index (χ4v) is 4.67. The summed E-state index contributed by atoms with van der Waals surface area (Å²) in [7, 11) is 0. The highest BCUT2D eigenvalue weighted by Crippen LogP contribution is 2.31. The van der Waals surface area contributed by atoms with Gasteiger partial charge >= 0.3 is 6.09 Å². The van der Waals surface area contributed by atoms with E-state index in [0.717, 1.165) is 41.0 Å². The van der Waals surface area contributed by atoms with Gasteiger partial charge in [0, 0.05) is 63.1 Å². The Bertz CT molecular complexity index is 1090. The van der Waals surface area contributed by atoms with Gasteiger partial charge in [-0.05, 0) is 30.2 Å². The van der Waals surface area contributed by atoms with Gasteiger partial charge in [-0.1, -0.05) is 24.3 Å². The van der Waals surface area contributed by atoms with Crippen LogP contribution < -0.4 is 10.2 Å². The quantitative estimate of drug-likeness (QED) is 0.679. The highest BCUT2D eigenvalue weighted by molar-refractivity contribution is 5.80. The van der Waals surface area contributed by atoms with Crippen LogP contribution in [0.4, 0.5) is 14.9 Å². The Hall–Kier alpha value is -3.13. The molecule has 1 aromatic carbocycles. The molecule has 0 saturated carbocycles. The van der Waals surface area contributed by atoms with Gasteiger partial charge in [-0.3, -0.25) is 0 Å². The number of fused-ring (bicyclic) bond motifs is 1. The third-order valence-corrected chi connectivity index (χ3v) is 6.45. The second kappa shape index (κ2) is 8.78. The average molecular weight is 438 g/mol. The molecule has 0 bridgehead atoms. The van der Waals surface area contributed by atoms with E-state index in [-0.39, 0.29) is 12.0 Å². The van der Waals surface area contributed by atoms with E-state index in [1.54, 1.807) is 11.1 Å².